The third-order valence-electron chi connectivity index (χ3n) is 3.62. The van der Waals surface area contributed by atoms with Crippen molar-refractivity contribution in [1.29, 1.82) is 0 Å². The molecule has 5 heteroatoms. The fraction of sp³-hybridized carbons (Fsp3) is 0.500. The number of carbonyl (C=O) groups excluding carboxylic acids is 1. The average Bonchev–Trinajstić information content (AvgIpc) is 2.74. The van der Waals surface area contributed by atoms with Crippen molar-refractivity contribution in [2.75, 3.05) is 0 Å². The lowest BCUT2D eigenvalue weighted by molar-refractivity contribution is -0.385. The Labute approximate surface area is 112 Å². The zero-order valence-electron chi connectivity index (χ0n) is 11.2. The van der Waals surface area contributed by atoms with Gasteiger partial charge >= 0.3 is 0 Å². The van der Waals surface area contributed by atoms with E-state index in [0.717, 1.165) is 24.8 Å². The summed E-state index contributed by atoms with van der Waals surface area (Å²) < 4.78 is 0. The Morgan fingerprint density at radius 3 is 2.74 bits per heavy atom. The van der Waals surface area contributed by atoms with Gasteiger partial charge in [0.15, 0.2) is 0 Å². The number of nitro groups is 1. The summed E-state index contributed by atoms with van der Waals surface area (Å²) in [7, 11) is 0. The number of hydrogen-bond donors (Lipinski definition) is 1. The molecule has 0 bridgehead atoms. The van der Waals surface area contributed by atoms with Gasteiger partial charge in [-0.3, -0.25) is 14.9 Å². The van der Waals surface area contributed by atoms with Gasteiger partial charge in [0.2, 0.25) is 0 Å². The smallest absolute Gasteiger partial charge is 0.282 e. The average molecular weight is 262 g/mol. The van der Waals surface area contributed by atoms with Gasteiger partial charge in [-0.2, -0.15) is 0 Å². The fourth-order valence-corrected chi connectivity index (χ4v) is 2.59. The predicted octanol–water partition coefficient (Wildman–Crippen LogP) is 2.82. The zero-order chi connectivity index (χ0) is 14.0. The largest absolute Gasteiger partial charge is 0.349 e. The standard InChI is InChI=1S/C14H18N2O3/c1-9-3-5-11(7-9)15-14(17)12-8-10(2)4-6-13(12)16(18)19/h4,6,8-9,11H,3,5,7H2,1-2H3,(H,15,17). The molecule has 2 unspecified atom stereocenters. The van der Waals surface area contributed by atoms with Crippen LogP contribution in [0.3, 0.4) is 0 Å². The first kappa shape index (κ1) is 13.5. The van der Waals surface area contributed by atoms with Gasteiger partial charge in [-0.05, 0) is 43.7 Å². The normalized spacial score (nSPS) is 22.2. The number of benzene rings is 1. The number of amides is 1. The molecule has 0 aromatic heterocycles. The van der Waals surface area contributed by atoms with Crippen LogP contribution in [0.1, 0.15) is 42.1 Å². The fourth-order valence-electron chi connectivity index (χ4n) is 2.59. The molecule has 1 aliphatic rings. The zero-order valence-corrected chi connectivity index (χ0v) is 11.2. The number of aryl methyl sites for hydroxylation is 1. The molecule has 1 aliphatic carbocycles. The number of nitrogens with zero attached hydrogens (tertiary/aromatic N) is 1. The third-order valence-corrected chi connectivity index (χ3v) is 3.62. The van der Waals surface area contributed by atoms with Crippen LogP contribution in [0.15, 0.2) is 18.2 Å². The molecule has 1 saturated carbocycles. The van der Waals surface area contributed by atoms with Gasteiger partial charge in [-0.25, -0.2) is 0 Å². The molecule has 5 nitrogen and oxygen atoms in total. The minimum Gasteiger partial charge on any atom is -0.349 e. The quantitative estimate of drug-likeness (QED) is 0.672. The Balaban J connectivity index is 2.18. The van der Waals surface area contributed by atoms with Crippen LogP contribution in [0.25, 0.3) is 0 Å². The molecule has 1 N–H and O–H groups in total. The lowest BCUT2D eigenvalue weighted by Gasteiger charge is -2.12. The first-order chi connectivity index (χ1) is 8.97. The van der Waals surface area contributed by atoms with Crippen molar-refractivity contribution in [1.82, 2.24) is 5.32 Å². The summed E-state index contributed by atoms with van der Waals surface area (Å²) in [5.41, 5.74) is 0.870. The molecule has 0 radical (unpaired) electrons. The van der Waals surface area contributed by atoms with E-state index in [1.54, 1.807) is 12.1 Å². The minimum absolute atomic E-state index is 0.130. The van der Waals surface area contributed by atoms with Crippen LogP contribution >= 0.6 is 0 Å². The Hall–Kier alpha value is -1.91. The van der Waals surface area contributed by atoms with Crippen molar-refractivity contribution < 1.29 is 9.72 Å². The number of hydrogen-bond acceptors (Lipinski definition) is 3. The second-order valence-electron chi connectivity index (χ2n) is 5.37. The molecule has 1 aromatic carbocycles. The molecular weight excluding hydrogens is 244 g/mol. The van der Waals surface area contributed by atoms with E-state index in [9.17, 15) is 14.9 Å². The van der Waals surface area contributed by atoms with Gasteiger partial charge in [-0.1, -0.05) is 13.0 Å². The molecule has 1 amide bonds. The molecule has 1 fully saturated rings. The van der Waals surface area contributed by atoms with Crippen molar-refractivity contribution >= 4 is 11.6 Å². The number of rotatable bonds is 3. The van der Waals surface area contributed by atoms with Gasteiger partial charge in [0.1, 0.15) is 5.56 Å². The van der Waals surface area contributed by atoms with E-state index < -0.39 is 4.92 Å². The molecule has 2 atom stereocenters. The molecule has 0 saturated heterocycles. The summed E-state index contributed by atoms with van der Waals surface area (Å²) in [4.78, 5) is 22.6. The van der Waals surface area contributed by atoms with Gasteiger partial charge in [-0.15, -0.1) is 0 Å². The van der Waals surface area contributed by atoms with E-state index in [2.05, 4.69) is 12.2 Å². The van der Waals surface area contributed by atoms with Crippen LogP contribution < -0.4 is 5.32 Å². The summed E-state index contributed by atoms with van der Waals surface area (Å²) in [6, 6.07) is 4.75. The van der Waals surface area contributed by atoms with Gasteiger partial charge in [0, 0.05) is 12.1 Å². The highest BCUT2D eigenvalue weighted by Crippen LogP contribution is 2.26. The first-order valence-corrected chi connectivity index (χ1v) is 6.53. The molecule has 0 aliphatic heterocycles. The monoisotopic (exact) mass is 262 g/mol. The topological polar surface area (TPSA) is 72.2 Å². The van der Waals surface area contributed by atoms with E-state index >= 15 is 0 Å². The third kappa shape index (κ3) is 3.10. The van der Waals surface area contributed by atoms with Crippen molar-refractivity contribution in [2.45, 2.75) is 39.2 Å². The predicted molar refractivity (Wildman–Crippen MR) is 72.1 cm³/mol. The highest BCUT2D eigenvalue weighted by Gasteiger charge is 2.26. The summed E-state index contributed by atoms with van der Waals surface area (Å²) in [5.74, 6) is 0.271. The van der Waals surface area contributed by atoms with Crippen molar-refractivity contribution in [3.05, 3.63) is 39.4 Å². The van der Waals surface area contributed by atoms with E-state index in [1.807, 2.05) is 6.92 Å². The number of nitro benzene ring substituents is 1. The maximum atomic E-state index is 12.2. The molecule has 2 rings (SSSR count). The van der Waals surface area contributed by atoms with Gasteiger partial charge < -0.3 is 5.32 Å². The molecule has 0 spiro atoms. The van der Waals surface area contributed by atoms with Crippen LogP contribution in [-0.2, 0) is 0 Å². The highest BCUT2D eigenvalue weighted by atomic mass is 16.6. The van der Waals surface area contributed by atoms with Crippen LogP contribution in [0.5, 0.6) is 0 Å². The van der Waals surface area contributed by atoms with E-state index in [4.69, 9.17) is 0 Å². The second-order valence-corrected chi connectivity index (χ2v) is 5.37. The van der Waals surface area contributed by atoms with Gasteiger partial charge in [0.25, 0.3) is 11.6 Å². The number of nitrogens with one attached hydrogen (secondary N) is 1. The lowest BCUT2D eigenvalue weighted by atomic mass is 10.1. The van der Waals surface area contributed by atoms with Crippen LogP contribution in [0.2, 0.25) is 0 Å². The highest BCUT2D eigenvalue weighted by molar-refractivity contribution is 5.98. The van der Waals surface area contributed by atoms with Crippen LogP contribution in [0.4, 0.5) is 5.69 Å². The first-order valence-electron chi connectivity index (χ1n) is 6.53. The summed E-state index contributed by atoms with van der Waals surface area (Å²) in [6.07, 6.45) is 3.00. The molecule has 1 aromatic rings. The van der Waals surface area contributed by atoms with Crippen molar-refractivity contribution in [2.24, 2.45) is 5.92 Å². The molecular formula is C14H18N2O3. The maximum Gasteiger partial charge on any atom is 0.282 e. The summed E-state index contributed by atoms with van der Waals surface area (Å²) in [5, 5.41) is 13.9. The molecule has 102 valence electrons. The Bertz CT molecular complexity index is 513. The Morgan fingerprint density at radius 1 is 1.42 bits per heavy atom. The van der Waals surface area contributed by atoms with Crippen LogP contribution in [-0.4, -0.2) is 16.9 Å². The maximum absolute atomic E-state index is 12.2. The number of carbonyl (C=O) groups is 1. The van der Waals surface area contributed by atoms with E-state index in [1.165, 1.54) is 6.07 Å². The minimum atomic E-state index is -0.508. The van der Waals surface area contributed by atoms with Crippen molar-refractivity contribution in [3.63, 3.8) is 0 Å². The van der Waals surface area contributed by atoms with E-state index in [-0.39, 0.29) is 23.2 Å². The molecule has 19 heavy (non-hydrogen) atoms. The summed E-state index contributed by atoms with van der Waals surface area (Å²) >= 11 is 0. The molecule has 0 heterocycles. The lowest BCUT2D eigenvalue weighted by Crippen LogP contribution is -2.33. The Morgan fingerprint density at radius 2 is 2.16 bits per heavy atom. The van der Waals surface area contributed by atoms with Crippen LogP contribution in [0, 0.1) is 23.0 Å². The second kappa shape index (κ2) is 5.38. The van der Waals surface area contributed by atoms with E-state index in [0.29, 0.717) is 5.92 Å². The SMILES string of the molecule is Cc1ccc([N+](=O)[O-])c(C(=O)NC2CCC(C)C2)c1. The Kier molecular flexibility index (Phi) is 3.83. The van der Waals surface area contributed by atoms with Gasteiger partial charge in [0.05, 0.1) is 4.92 Å². The summed E-state index contributed by atoms with van der Waals surface area (Å²) in [6.45, 7) is 3.97. The van der Waals surface area contributed by atoms with Crippen molar-refractivity contribution in [3.8, 4) is 0 Å².